The number of hydrogen-bond acceptors (Lipinski definition) is 4. The fraction of sp³-hybridized carbons (Fsp3) is 0.905. The van der Waals surface area contributed by atoms with Crippen molar-refractivity contribution < 1.29 is 19.8 Å². The summed E-state index contributed by atoms with van der Waals surface area (Å²) in [4.78, 5) is 24.6. The van der Waals surface area contributed by atoms with E-state index in [4.69, 9.17) is 0 Å². The van der Waals surface area contributed by atoms with Crippen LogP contribution in [0.5, 0.6) is 0 Å². The number of fused-ring (bicyclic) bond motifs is 5. The topological polar surface area (TPSA) is 74.6 Å². The van der Waals surface area contributed by atoms with Crippen molar-refractivity contribution in [3.8, 4) is 0 Å². The van der Waals surface area contributed by atoms with Crippen molar-refractivity contribution in [2.45, 2.75) is 78.4 Å². The van der Waals surface area contributed by atoms with Crippen LogP contribution in [0.15, 0.2) is 0 Å². The number of ketones is 2. The van der Waals surface area contributed by atoms with E-state index >= 15 is 0 Å². The molecule has 9 atom stereocenters. The van der Waals surface area contributed by atoms with Gasteiger partial charge in [0, 0.05) is 11.8 Å². The van der Waals surface area contributed by atoms with E-state index < -0.39 is 23.4 Å². The molecule has 0 aromatic heterocycles. The molecule has 0 aliphatic heterocycles. The standard InChI is InChI=1S/C21H29Br3O4/c1-18-7-5-14(26)17(23)20(18,24)8-3-11-12(18)4-6-19(2)13(11)9-15(22)21(19,28)16(27)10-25/h11-13,15,17,25,28H,3-10H2,1-2H3/t11-,12+,13+,15+,17-,18-,19+,20-,21+/m1/s1. The van der Waals surface area contributed by atoms with Gasteiger partial charge in [-0.2, -0.15) is 0 Å². The first-order valence-corrected chi connectivity index (χ1v) is 13.0. The number of aliphatic hydroxyl groups is 2. The van der Waals surface area contributed by atoms with Crippen LogP contribution in [0, 0.1) is 28.6 Å². The Morgan fingerprint density at radius 3 is 2.43 bits per heavy atom. The normalized spacial score (nSPS) is 56.0. The van der Waals surface area contributed by atoms with E-state index in [1.54, 1.807) is 0 Å². The first kappa shape index (κ1) is 21.9. The zero-order valence-electron chi connectivity index (χ0n) is 16.4. The zero-order valence-corrected chi connectivity index (χ0v) is 21.1. The lowest BCUT2D eigenvalue weighted by atomic mass is 9.44. The van der Waals surface area contributed by atoms with Gasteiger partial charge < -0.3 is 10.2 Å². The molecule has 2 N–H and O–H groups in total. The van der Waals surface area contributed by atoms with Gasteiger partial charge in [0.2, 0.25) is 0 Å². The van der Waals surface area contributed by atoms with Crippen molar-refractivity contribution in [2.24, 2.45) is 28.6 Å². The van der Waals surface area contributed by atoms with E-state index in [9.17, 15) is 19.8 Å². The average molecular weight is 585 g/mol. The maximum Gasteiger partial charge on any atom is 0.191 e. The number of carbonyl (C=O) groups excluding carboxylic acids is 2. The second-order valence-electron chi connectivity index (χ2n) is 10.0. The number of Topliss-reactive ketones (excluding diaryl/α,β-unsaturated/α-hetero) is 2. The first-order valence-electron chi connectivity index (χ1n) is 10.3. The molecule has 4 nitrogen and oxygen atoms in total. The van der Waals surface area contributed by atoms with E-state index in [0.717, 1.165) is 38.5 Å². The van der Waals surface area contributed by atoms with Crippen molar-refractivity contribution in [1.29, 1.82) is 0 Å². The molecule has 0 saturated heterocycles. The van der Waals surface area contributed by atoms with Crippen LogP contribution >= 0.6 is 47.8 Å². The minimum Gasteiger partial charge on any atom is -0.388 e. The summed E-state index contributed by atoms with van der Waals surface area (Å²) in [5.74, 6) is 0.939. The van der Waals surface area contributed by atoms with Crippen LogP contribution in [0.4, 0.5) is 0 Å². The lowest BCUT2D eigenvalue weighted by Gasteiger charge is -2.64. The summed E-state index contributed by atoms with van der Waals surface area (Å²) < 4.78 is -0.228. The van der Waals surface area contributed by atoms with Gasteiger partial charge in [-0.15, -0.1) is 0 Å². The highest BCUT2D eigenvalue weighted by atomic mass is 79.9. The predicted molar refractivity (Wildman–Crippen MR) is 118 cm³/mol. The largest absolute Gasteiger partial charge is 0.388 e. The van der Waals surface area contributed by atoms with E-state index in [2.05, 4.69) is 61.6 Å². The summed E-state index contributed by atoms with van der Waals surface area (Å²) >= 11 is 11.4. The van der Waals surface area contributed by atoms with E-state index in [0.29, 0.717) is 18.3 Å². The first-order chi connectivity index (χ1) is 13.0. The second-order valence-corrected chi connectivity index (χ2v) is 13.5. The number of carbonyl (C=O) groups is 2. The molecular weight excluding hydrogens is 556 g/mol. The van der Waals surface area contributed by atoms with Gasteiger partial charge in [0.1, 0.15) is 18.0 Å². The van der Waals surface area contributed by atoms with Crippen molar-refractivity contribution in [1.82, 2.24) is 0 Å². The molecule has 4 fully saturated rings. The SMILES string of the molecule is C[C@]12CC[C@H]3[C@@H](CC[C@@]4(Br)[C@H](Br)C(=O)CC[C@]34C)[C@@H]1C[C@H](Br)[C@]2(O)C(=O)CO. The van der Waals surface area contributed by atoms with Crippen LogP contribution in [0.25, 0.3) is 0 Å². The third-order valence-corrected chi connectivity index (χ3v) is 14.1. The quantitative estimate of drug-likeness (QED) is 0.478. The number of aliphatic hydroxyl groups excluding tert-OH is 1. The Morgan fingerprint density at radius 1 is 1.11 bits per heavy atom. The van der Waals surface area contributed by atoms with Gasteiger partial charge in [0.05, 0.1) is 14.0 Å². The smallest absolute Gasteiger partial charge is 0.191 e. The zero-order chi connectivity index (χ0) is 20.7. The van der Waals surface area contributed by atoms with Gasteiger partial charge >= 0.3 is 0 Å². The lowest BCUT2D eigenvalue weighted by Crippen LogP contribution is -2.65. The predicted octanol–water partition coefficient (Wildman–Crippen LogP) is 4.16. The molecule has 0 aromatic carbocycles. The van der Waals surface area contributed by atoms with Crippen molar-refractivity contribution in [2.75, 3.05) is 6.61 Å². The summed E-state index contributed by atoms with van der Waals surface area (Å²) in [6.45, 7) is 3.77. The summed E-state index contributed by atoms with van der Waals surface area (Å²) in [6, 6.07) is 0. The Labute approximate surface area is 192 Å². The Balaban J connectivity index is 1.72. The molecule has 4 saturated carbocycles. The highest BCUT2D eigenvalue weighted by Crippen LogP contribution is 2.71. The molecule has 0 spiro atoms. The molecule has 28 heavy (non-hydrogen) atoms. The molecule has 158 valence electrons. The maximum absolute atomic E-state index is 12.6. The van der Waals surface area contributed by atoms with E-state index in [-0.39, 0.29) is 31.1 Å². The van der Waals surface area contributed by atoms with Crippen LogP contribution in [0.1, 0.15) is 58.8 Å². The molecule has 0 unspecified atom stereocenters. The van der Waals surface area contributed by atoms with Gasteiger partial charge in [0.15, 0.2) is 5.78 Å². The molecule has 4 aliphatic rings. The summed E-state index contributed by atoms with van der Waals surface area (Å²) in [5, 5.41) is 21.0. The van der Waals surface area contributed by atoms with Crippen LogP contribution in [0.2, 0.25) is 0 Å². The lowest BCUT2D eigenvalue weighted by molar-refractivity contribution is -0.168. The van der Waals surface area contributed by atoms with Crippen LogP contribution in [-0.4, -0.2) is 48.0 Å². The number of alkyl halides is 3. The Bertz CT molecular complexity index is 716. The van der Waals surface area contributed by atoms with E-state index in [1.807, 2.05) is 0 Å². The minimum absolute atomic E-state index is 0.00280. The molecular formula is C21H29Br3O4. The highest BCUT2D eigenvalue weighted by Gasteiger charge is 2.71. The van der Waals surface area contributed by atoms with Gasteiger partial charge in [-0.25, -0.2) is 0 Å². The van der Waals surface area contributed by atoms with Crippen LogP contribution < -0.4 is 0 Å². The van der Waals surface area contributed by atoms with Gasteiger partial charge in [-0.05, 0) is 61.7 Å². The third-order valence-electron chi connectivity index (χ3n) is 9.36. The Morgan fingerprint density at radius 2 is 1.79 bits per heavy atom. The van der Waals surface area contributed by atoms with Crippen LogP contribution in [-0.2, 0) is 9.59 Å². The monoisotopic (exact) mass is 582 g/mol. The summed E-state index contributed by atoms with van der Waals surface area (Å²) in [7, 11) is 0. The summed E-state index contributed by atoms with van der Waals surface area (Å²) in [6.07, 6.45) is 5.86. The second kappa shape index (κ2) is 6.85. The maximum atomic E-state index is 12.6. The molecule has 4 rings (SSSR count). The highest BCUT2D eigenvalue weighted by molar-refractivity contribution is 9.12. The van der Waals surface area contributed by atoms with Crippen molar-refractivity contribution in [3.63, 3.8) is 0 Å². The van der Waals surface area contributed by atoms with Gasteiger partial charge in [-0.3, -0.25) is 9.59 Å². The van der Waals surface area contributed by atoms with E-state index in [1.165, 1.54) is 0 Å². The molecule has 0 heterocycles. The summed E-state index contributed by atoms with van der Waals surface area (Å²) in [5.41, 5.74) is -2.03. The molecule has 0 bridgehead atoms. The number of halogens is 3. The van der Waals surface area contributed by atoms with Crippen molar-refractivity contribution >= 4 is 59.4 Å². The van der Waals surface area contributed by atoms with Crippen molar-refractivity contribution in [3.05, 3.63) is 0 Å². The Kier molecular flexibility index (Phi) is 5.36. The number of rotatable bonds is 2. The minimum atomic E-state index is -1.51. The molecule has 0 radical (unpaired) electrons. The Hall–Kier alpha value is 0.700. The third kappa shape index (κ3) is 2.46. The van der Waals surface area contributed by atoms with Gasteiger partial charge in [0.25, 0.3) is 0 Å². The molecule has 7 heteroatoms. The van der Waals surface area contributed by atoms with Gasteiger partial charge in [-0.1, -0.05) is 61.6 Å². The average Bonchev–Trinajstić information content (AvgIpc) is 2.88. The fourth-order valence-corrected chi connectivity index (χ4v) is 10.8. The molecule has 0 aromatic rings. The molecule has 4 aliphatic carbocycles. The molecule has 0 amide bonds. The van der Waals surface area contributed by atoms with Crippen LogP contribution in [0.3, 0.4) is 0 Å². The number of hydrogen-bond donors (Lipinski definition) is 2. The fourth-order valence-electron chi connectivity index (χ4n) is 7.62.